The molecule has 12 heterocycles. The lowest BCUT2D eigenvalue weighted by molar-refractivity contribution is 0.789. The Hall–Kier alpha value is -19.8. The van der Waals surface area contributed by atoms with Gasteiger partial charge in [-0.05, 0) is 235 Å². The van der Waals surface area contributed by atoms with E-state index in [1.807, 2.05) is 0 Å². The first-order valence-electron chi connectivity index (χ1n) is 50.3. The molecule has 3 aliphatic heterocycles. The fourth-order valence-corrected chi connectivity index (χ4v) is 24.3. The summed E-state index contributed by atoms with van der Waals surface area (Å²) in [5.74, 6) is 2.82. The number of benzene rings is 21. The van der Waals surface area contributed by atoms with E-state index in [1.54, 1.807) is 0 Å². The third-order valence-corrected chi connectivity index (χ3v) is 30.7. The molecule has 0 saturated heterocycles. The summed E-state index contributed by atoms with van der Waals surface area (Å²) in [5.41, 5.74) is 38.1. The van der Waals surface area contributed by atoms with E-state index in [0.29, 0.717) is 0 Å². The highest BCUT2D eigenvalue weighted by molar-refractivity contribution is 6.17. The smallest absolute Gasteiger partial charge is 0.216 e. The quantitative estimate of drug-likeness (QED) is 0.143. The van der Waals surface area contributed by atoms with Crippen LogP contribution in [0.4, 0.5) is 52.0 Å². The van der Waals surface area contributed by atoms with E-state index in [1.165, 1.54) is 142 Å². The van der Waals surface area contributed by atoms with Gasteiger partial charge in [-0.25, -0.2) is 15.0 Å². The lowest BCUT2D eigenvalue weighted by Crippen LogP contribution is -2.23. The van der Waals surface area contributed by atoms with Gasteiger partial charge in [0.2, 0.25) is 17.8 Å². The van der Waals surface area contributed by atoms with Gasteiger partial charge in [0.25, 0.3) is 0 Å². The molecule has 21 aromatic carbocycles. The molecule has 0 atom stereocenters. The van der Waals surface area contributed by atoms with Crippen molar-refractivity contribution in [3.8, 4) is 34.1 Å². The summed E-state index contributed by atoms with van der Waals surface area (Å²) in [6, 6.07) is 177. The Kier molecular flexibility index (Phi) is 18.1. The van der Waals surface area contributed by atoms with Crippen LogP contribution in [0.15, 0.2) is 491 Å². The van der Waals surface area contributed by atoms with Crippen LogP contribution in [-0.4, -0.2) is 56.1 Å². The maximum Gasteiger partial charge on any atom is 0.216 e. The SMILES string of the molecule is c1ccc(N2c3cc(-n4c5ccc(-n6c7ccccc7c7ccccc76)cc5c5cc(-n6c7ccccc7c7ccccc76)ccc54)ccc3Cn3c2nc2ccccc23)cc1.c1ccc(N2c3cc(-n4c5ccccc5c5cc(-n6c7ccccc7c7ccccc76)ccc54)ccc3Cn3c2nc2ccccc23)cc1.c1ccc(N2c3cc(-n4c5ccccc5c5ccccc54)ccc3Cn3c2nc2ccccc23)cc1. The summed E-state index contributed by atoms with van der Waals surface area (Å²) >= 11 is 0. The molecule has 15 heteroatoms. The Morgan fingerprint density at radius 1 is 0.136 bits per heavy atom. The van der Waals surface area contributed by atoms with Gasteiger partial charge in [-0.3, -0.25) is 14.7 Å². The molecule has 147 heavy (non-hydrogen) atoms. The van der Waals surface area contributed by atoms with Gasteiger partial charge in [0.1, 0.15) is 0 Å². The summed E-state index contributed by atoms with van der Waals surface area (Å²) in [7, 11) is 0. The Morgan fingerprint density at radius 2 is 0.313 bits per heavy atom. The average Bonchev–Trinajstić information content (AvgIpc) is 1.58. The lowest BCUT2D eigenvalue weighted by Gasteiger charge is -2.32. The van der Waals surface area contributed by atoms with E-state index < -0.39 is 0 Å². The van der Waals surface area contributed by atoms with E-state index in [0.717, 1.165) is 144 Å². The minimum absolute atomic E-state index is 0.742. The van der Waals surface area contributed by atoms with Gasteiger partial charge >= 0.3 is 0 Å². The molecule has 0 radical (unpaired) electrons. The zero-order valence-corrected chi connectivity index (χ0v) is 79.6. The van der Waals surface area contributed by atoms with E-state index in [4.69, 9.17) is 15.0 Å². The number of aromatic nitrogens is 12. The zero-order chi connectivity index (χ0) is 96.2. The van der Waals surface area contributed by atoms with Crippen molar-refractivity contribution in [2.45, 2.75) is 19.6 Å². The summed E-state index contributed by atoms with van der Waals surface area (Å²) < 4.78 is 21.5. The van der Waals surface area contributed by atoms with Crippen LogP contribution in [0, 0.1) is 0 Å². The molecule has 33 rings (SSSR count). The number of fused-ring (bicyclic) bond motifs is 30. The first-order valence-corrected chi connectivity index (χ1v) is 50.3. The van der Waals surface area contributed by atoms with Crippen LogP contribution in [0.2, 0.25) is 0 Å². The molecule has 0 spiro atoms. The Balaban J connectivity index is 0.000000104. The van der Waals surface area contributed by atoms with Crippen LogP contribution in [0.1, 0.15) is 16.7 Å². The third kappa shape index (κ3) is 12.5. The monoisotopic (exact) mass is 1880 g/mol. The molecule has 690 valence electrons. The van der Waals surface area contributed by atoms with E-state index in [2.05, 4.69) is 547 Å². The molecule has 15 nitrogen and oxygen atoms in total. The van der Waals surface area contributed by atoms with Gasteiger partial charge in [0.15, 0.2) is 0 Å². The molecule has 0 bridgehead atoms. The van der Waals surface area contributed by atoms with Crippen LogP contribution < -0.4 is 14.7 Å². The van der Waals surface area contributed by atoms with E-state index in [-0.39, 0.29) is 0 Å². The van der Waals surface area contributed by atoms with Crippen molar-refractivity contribution >= 4 is 216 Å². The molecule has 0 N–H and O–H groups in total. The highest BCUT2D eigenvalue weighted by Crippen LogP contribution is 2.51. The number of rotatable bonds is 9. The third-order valence-electron chi connectivity index (χ3n) is 30.7. The predicted octanol–water partition coefficient (Wildman–Crippen LogP) is 33.2. The Morgan fingerprint density at radius 3 is 0.551 bits per heavy atom. The second kappa shape index (κ2) is 32.4. The predicted molar refractivity (Wildman–Crippen MR) is 607 cm³/mol. The Labute approximate surface area is 842 Å². The van der Waals surface area contributed by atoms with Crippen LogP contribution in [0.3, 0.4) is 0 Å². The number of hydrogen-bond acceptors (Lipinski definition) is 6. The van der Waals surface area contributed by atoms with Crippen molar-refractivity contribution in [2.75, 3.05) is 14.7 Å². The molecule has 30 aromatic rings. The van der Waals surface area contributed by atoms with Crippen molar-refractivity contribution < 1.29 is 0 Å². The Bertz CT molecular complexity index is 10300. The largest absolute Gasteiger partial charge is 0.309 e. The van der Waals surface area contributed by atoms with Gasteiger partial charge in [-0.1, -0.05) is 273 Å². The zero-order valence-electron chi connectivity index (χ0n) is 79.6. The molecule has 9 aromatic heterocycles. The molecule has 3 aliphatic rings. The summed E-state index contributed by atoms with van der Waals surface area (Å²) in [6.45, 7) is 2.30. The number of anilines is 9. The molecule has 0 unspecified atom stereocenters. The number of nitrogens with zero attached hydrogens (tertiary/aromatic N) is 15. The average molecular weight is 1880 g/mol. The normalized spacial score (nSPS) is 12.8. The minimum atomic E-state index is 0.742. The molecule has 0 amide bonds. The molecular formula is C132H87N15. The van der Waals surface area contributed by atoms with Crippen molar-refractivity contribution in [1.29, 1.82) is 0 Å². The first-order chi connectivity index (χ1) is 72.9. The highest BCUT2D eigenvalue weighted by atomic mass is 15.4. The van der Waals surface area contributed by atoms with Crippen molar-refractivity contribution in [3.63, 3.8) is 0 Å². The molecule has 0 saturated carbocycles. The van der Waals surface area contributed by atoms with Gasteiger partial charge in [0.05, 0.1) is 136 Å². The molecule has 0 fully saturated rings. The van der Waals surface area contributed by atoms with Crippen molar-refractivity contribution in [1.82, 2.24) is 56.1 Å². The fraction of sp³-hybridized carbons (Fsp3) is 0.0227. The second-order valence-corrected chi connectivity index (χ2v) is 38.7. The molecular weight excluding hydrogens is 1800 g/mol. The minimum Gasteiger partial charge on any atom is -0.309 e. The second-order valence-electron chi connectivity index (χ2n) is 38.7. The highest BCUT2D eigenvalue weighted by Gasteiger charge is 2.34. The number of para-hydroxylation sites is 18. The topological polar surface area (TPSA) is 92.8 Å². The first kappa shape index (κ1) is 82.0. The van der Waals surface area contributed by atoms with Crippen LogP contribution in [0.5, 0.6) is 0 Å². The maximum atomic E-state index is 5.23. The number of hydrogen-bond donors (Lipinski definition) is 0. The van der Waals surface area contributed by atoms with E-state index >= 15 is 0 Å². The van der Waals surface area contributed by atoms with Gasteiger partial charge in [-0.15, -0.1) is 0 Å². The summed E-state index contributed by atoms with van der Waals surface area (Å²) in [4.78, 5) is 22.4. The summed E-state index contributed by atoms with van der Waals surface area (Å²) in [6.07, 6.45) is 0. The lowest BCUT2D eigenvalue weighted by atomic mass is 10.1. The van der Waals surface area contributed by atoms with Gasteiger partial charge in [0, 0.05) is 116 Å². The standard InChI is InChI=1S/C56H36N6.C44H29N5.C32H22N4/c1-2-14-37(15-3-1)62-55-34-40(27-26-36(55)35-58-54-25-13-8-20-47(54)57-56(58)62)61-52-30-28-38(59-48-21-9-4-16-41(48)42-17-5-10-22-49(42)59)32-45(52)46-33-39(29-31-53(46)61)60-50-23-11-6-18-43(50)44-19-7-12-24-51(44)60;1-2-12-30(13-3-1)49-43-27-32(23-22-29(43)28-46-42-21-11-7-17-37(42)45-44(46)49)48-40-20-10-6-16-35(40)36-26-31(24-25-41(36)48)47-38-18-8-4-14-33(38)34-15-5-9-19-39(34)47;1-2-10-23(11-3-1)36-31-20-24(35-28-15-7-4-12-25(28)26-13-5-8-16-29(26)35)19-18-22(31)21-34-30-17-9-6-14-27(30)33-32(34)36/h1-34H,35H2;1-27H,28H2;1-20H,21H2. The van der Waals surface area contributed by atoms with Gasteiger partial charge < -0.3 is 41.1 Å². The fourth-order valence-electron chi connectivity index (χ4n) is 24.3. The van der Waals surface area contributed by atoms with Crippen LogP contribution in [-0.2, 0) is 19.6 Å². The van der Waals surface area contributed by atoms with E-state index in [9.17, 15) is 0 Å². The van der Waals surface area contributed by atoms with Crippen LogP contribution >= 0.6 is 0 Å². The molecule has 0 aliphatic carbocycles. The van der Waals surface area contributed by atoms with Gasteiger partial charge in [-0.2, -0.15) is 0 Å². The summed E-state index contributed by atoms with van der Waals surface area (Å²) in [5, 5.41) is 15.0. The maximum absolute atomic E-state index is 5.23. The van der Waals surface area contributed by atoms with Crippen molar-refractivity contribution in [3.05, 3.63) is 508 Å². The number of imidazole rings is 3. The van der Waals surface area contributed by atoms with Crippen LogP contribution in [0.25, 0.3) is 198 Å². The van der Waals surface area contributed by atoms with Crippen molar-refractivity contribution in [2.24, 2.45) is 0 Å².